The van der Waals surface area contributed by atoms with Crippen molar-refractivity contribution in [3.63, 3.8) is 0 Å². The number of nitrogens with one attached hydrogen (secondary N) is 1. The van der Waals surface area contributed by atoms with E-state index in [1.165, 1.54) is 0 Å². The summed E-state index contributed by atoms with van der Waals surface area (Å²) in [5, 5.41) is 0. The van der Waals surface area contributed by atoms with Gasteiger partial charge in [0.25, 0.3) is 0 Å². The third-order valence-electron chi connectivity index (χ3n) is 3.46. The van der Waals surface area contributed by atoms with Crippen molar-refractivity contribution in [2.24, 2.45) is 0 Å². The van der Waals surface area contributed by atoms with Gasteiger partial charge in [0.15, 0.2) is 0 Å². The molecule has 0 spiro atoms. The molecule has 0 bridgehead atoms. The highest BCUT2D eigenvalue weighted by Crippen LogP contribution is 2.20. The summed E-state index contributed by atoms with van der Waals surface area (Å²) in [7, 11) is -3.36. The van der Waals surface area contributed by atoms with E-state index in [4.69, 9.17) is 0 Å². The maximum absolute atomic E-state index is 12.3. The van der Waals surface area contributed by atoms with Crippen LogP contribution in [0.1, 0.15) is 35.2 Å². The Kier molecular flexibility index (Phi) is 4.80. The van der Waals surface area contributed by atoms with Crippen molar-refractivity contribution in [3.8, 4) is 0 Å². The van der Waals surface area contributed by atoms with Crippen LogP contribution in [-0.2, 0) is 15.8 Å². The number of hydrogen-bond donors (Lipinski definition) is 1. The number of hydrogen-bond acceptors (Lipinski definition) is 2. The van der Waals surface area contributed by atoms with E-state index in [1.807, 2.05) is 69.3 Å². The second kappa shape index (κ2) is 6.41. The molecule has 21 heavy (non-hydrogen) atoms. The lowest BCUT2D eigenvalue weighted by atomic mass is 10.0. The van der Waals surface area contributed by atoms with Crippen LogP contribution in [-0.4, -0.2) is 8.42 Å². The van der Waals surface area contributed by atoms with Gasteiger partial charge in [0.1, 0.15) is 0 Å². The summed E-state index contributed by atoms with van der Waals surface area (Å²) in [4.78, 5) is 0. The Morgan fingerprint density at radius 2 is 1.71 bits per heavy atom. The fraction of sp³-hybridized carbons (Fsp3) is 0.294. The Hall–Kier alpha value is -1.65. The molecule has 4 heteroatoms. The molecule has 0 fully saturated rings. The van der Waals surface area contributed by atoms with Crippen molar-refractivity contribution in [1.29, 1.82) is 0 Å². The summed E-state index contributed by atoms with van der Waals surface area (Å²) in [6.07, 6.45) is 0. The Morgan fingerprint density at radius 1 is 1.05 bits per heavy atom. The first kappa shape index (κ1) is 15.7. The normalized spacial score (nSPS) is 13.1. The molecule has 2 aromatic carbocycles. The van der Waals surface area contributed by atoms with Crippen molar-refractivity contribution < 1.29 is 8.42 Å². The predicted molar refractivity (Wildman–Crippen MR) is 86.5 cm³/mol. The summed E-state index contributed by atoms with van der Waals surface area (Å²) < 4.78 is 27.3. The molecule has 0 amide bonds. The highest BCUT2D eigenvalue weighted by Gasteiger charge is 2.17. The summed E-state index contributed by atoms with van der Waals surface area (Å²) in [6.45, 7) is 5.88. The van der Waals surface area contributed by atoms with Gasteiger partial charge in [-0.15, -0.1) is 0 Å². The monoisotopic (exact) mass is 303 g/mol. The molecule has 0 radical (unpaired) electrons. The quantitative estimate of drug-likeness (QED) is 0.919. The second-order valence-corrected chi connectivity index (χ2v) is 7.20. The van der Waals surface area contributed by atoms with Gasteiger partial charge in [-0.2, -0.15) is 0 Å². The Balaban J connectivity index is 2.14. The Bertz CT molecular complexity index is 709. The van der Waals surface area contributed by atoms with Crippen LogP contribution < -0.4 is 4.72 Å². The molecule has 0 saturated carbocycles. The molecular formula is C17H21NO2S. The van der Waals surface area contributed by atoms with Gasteiger partial charge in [0.05, 0.1) is 5.75 Å². The summed E-state index contributed by atoms with van der Waals surface area (Å²) in [5.41, 5.74) is 4.03. The third kappa shape index (κ3) is 4.41. The molecule has 3 nitrogen and oxygen atoms in total. The maximum Gasteiger partial charge on any atom is 0.216 e. The van der Waals surface area contributed by atoms with Crippen LogP contribution in [0.15, 0.2) is 48.5 Å². The number of aryl methyl sites for hydroxylation is 2. The Morgan fingerprint density at radius 3 is 2.38 bits per heavy atom. The van der Waals surface area contributed by atoms with Crippen molar-refractivity contribution in [2.45, 2.75) is 32.6 Å². The van der Waals surface area contributed by atoms with Crippen LogP contribution in [0.3, 0.4) is 0 Å². The SMILES string of the molecule is Cc1ccc(C)c([C@H](C)NS(=O)(=O)Cc2ccccc2)c1. The lowest BCUT2D eigenvalue weighted by molar-refractivity contribution is 0.565. The number of benzene rings is 2. The molecule has 0 saturated heterocycles. The maximum atomic E-state index is 12.3. The van der Waals surface area contributed by atoms with Gasteiger partial charge >= 0.3 is 0 Å². The standard InChI is InChI=1S/C17H21NO2S/c1-13-9-10-14(2)17(11-13)15(3)18-21(19,20)12-16-7-5-4-6-8-16/h4-11,15,18H,12H2,1-3H3/t15-/m0/s1. The van der Waals surface area contributed by atoms with Gasteiger partial charge in [-0.3, -0.25) is 0 Å². The molecule has 0 aromatic heterocycles. The third-order valence-corrected chi connectivity index (χ3v) is 4.88. The fourth-order valence-corrected chi connectivity index (χ4v) is 3.77. The van der Waals surface area contributed by atoms with Crippen molar-refractivity contribution in [2.75, 3.05) is 0 Å². The van der Waals surface area contributed by atoms with Crippen LogP contribution in [0.25, 0.3) is 0 Å². The molecular weight excluding hydrogens is 282 g/mol. The van der Waals surface area contributed by atoms with Crippen LogP contribution >= 0.6 is 0 Å². The average molecular weight is 303 g/mol. The zero-order chi connectivity index (χ0) is 15.5. The first-order valence-electron chi connectivity index (χ1n) is 6.98. The van der Waals surface area contributed by atoms with E-state index >= 15 is 0 Å². The van der Waals surface area contributed by atoms with Crippen LogP contribution in [0.5, 0.6) is 0 Å². The Labute approximate surface area is 127 Å². The minimum Gasteiger partial charge on any atom is -0.212 e. The molecule has 112 valence electrons. The molecule has 1 atom stereocenters. The van der Waals surface area contributed by atoms with E-state index in [0.717, 1.165) is 22.3 Å². The molecule has 2 aromatic rings. The van der Waals surface area contributed by atoms with E-state index in [-0.39, 0.29) is 11.8 Å². The lowest BCUT2D eigenvalue weighted by Crippen LogP contribution is -2.28. The minimum atomic E-state index is -3.36. The fourth-order valence-electron chi connectivity index (χ4n) is 2.39. The predicted octanol–water partition coefficient (Wildman–Crippen LogP) is 3.48. The first-order valence-corrected chi connectivity index (χ1v) is 8.64. The molecule has 0 unspecified atom stereocenters. The summed E-state index contributed by atoms with van der Waals surface area (Å²) in [6, 6.07) is 15.1. The van der Waals surface area contributed by atoms with E-state index in [9.17, 15) is 8.42 Å². The lowest BCUT2D eigenvalue weighted by Gasteiger charge is -2.17. The number of sulfonamides is 1. The average Bonchev–Trinajstić information content (AvgIpc) is 2.41. The molecule has 1 N–H and O–H groups in total. The first-order chi connectivity index (χ1) is 9.87. The topological polar surface area (TPSA) is 46.2 Å². The summed E-state index contributed by atoms with van der Waals surface area (Å²) >= 11 is 0. The van der Waals surface area contributed by atoms with Crippen LogP contribution in [0.4, 0.5) is 0 Å². The minimum absolute atomic E-state index is 0.00302. The van der Waals surface area contributed by atoms with Gasteiger partial charge in [0.2, 0.25) is 10.0 Å². The smallest absolute Gasteiger partial charge is 0.212 e. The molecule has 2 rings (SSSR count). The van der Waals surface area contributed by atoms with Gasteiger partial charge in [-0.25, -0.2) is 13.1 Å². The zero-order valence-electron chi connectivity index (χ0n) is 12.6. The van der Waals surface area contributed by atoms with E-state index in [2.05, 4.69) is 4.72 Å². The van der Waals surface area contributed by atoms with Gasteiger partial charge in [-0.1, -0.05) is 54.1 Å². The molecule has 0 aliphatic rings. The van der Waals surface area contributed by atoms with E-state index in [1.54, 1.807) is 0 Å². The van der Waals surface area contributed by atoms with E-state index < -0.39 is 10.0 Å². The van der Waals surface area contributed by atoms with Gasteiger partial charge in [0, 0.05) is 6.04 Å². The molecule has 0 aliphatic carbocycles. The highest BCUT2D eigenvalue weighted by molar-refractivity contribution is 7.88. The van der Waals surface area contributed by atoms with Gasteiger partial charge in [-0.05, 0) is 37.5 Å². The van der Waals surface area contributed by atoms with Crippen molar-refractivity contribution in [1.82, 2.24) is 4.72 Å². The van der Waals surface area contributed by atoms with Crippen molar-refractivity contribution in [3.05, 3.63) is 70.8 Å². The van der Waals surface area contributed by atoms with Crippen molar-refractivity contribution >= 4 is 10.0 Å². The van der Waals surface area contributed by atoms with Crippen LogP contribution in [0.2, 0.25) is 0 Å². The molecule has 0 heterocycles. The zero-order valence-corrected chi connectivity index (χ0v) is 13.4. The molecule has 0 aliphatic heterocycles. The van der Waals surface area contributed by atoms with Gasteiger partial charge < -0.3 is 0 Å². The largest absolute Gasteiger partial charge is 0.216 e. The highest BCUT2D eigenvalue weighted by atomic mass is 32.2. The summed E-state index contributed by atoms with van der Waals surface area (Å²) in [5.74, 6) is 0.00302. The van der Waals surface area contributed by atoms with E-state index in [0.29, 0.717) is 0 Å². The second-order valence-electron chi connectivity index (χ2n) is 5.44. The van der Waals surface area contributed by atoms with Crippen LogP contribution in [0, 0.1) is 13.8 Å². The number of rotatable bonds is 5.